The topological polar surface area (TPSA) is 109 Å². The molecule has 0 aliphatic carbocycles. The van der Waals surface area contributed by atoms with E-state index in [1.807, 2.05) is 24.3 Å². The minimum atomic E-state index is -0.752. The number of aliphatic hydroxyl groups excluding tert-OH is 1. The molecule has 4 rings (SSSR count). The van der Waals surface area contributed by atoms with E-state index in [1.165, 1.54) is 0 Å². The Bertz CT molecular complexity index is 1080. The Labute approximate surface area is 203 Å². The molecule has 0 bridgehead atoms. The number of carboxylic acid groups (broad SMARTS) is 1. The number of piperidine rings is 1. The standard InChI is InChI=1S/C25H31N3O5S/c1-32-18-4-5-22-20(15-18)19(7-9-26-22)23(29)6-3-17-8-12-28(16-21(17)24(30)31)11-2-14-34-25-27-10-13-33-25/h4-5,7,9-10,13,15,17,21,23,29H,2-3,6,8,11-12,14,16H2,1H3,(H,30,31)/t17-,21+,23+/m1/s1. The Morgan fingerprint density at radius 2 is 2.21 bits per heavy atom. The zero-order chi connectivity index (χ0) is 23.9. The van der Waals surface area contributed by atoms with Crippen LogP contribution in [0.15, 0.2) is 52.6 Å². The van der Waals surface area contributed by atoms with Gasteiger partial charge in [0.25, 0.3) is 5.22 Å². The van der Waals surface area contributed by atoms with Gasteiger partial charge in [0.05, 0.1) is 30.8 Å². The van der Waals surface area contributed by atoms with E-state index in [4.69, 9.17) is 9.15 Å². The summed E-state index contributed by atoms with van der Waals surface area (Å²) in [6, 6.07) is 7.45. The fourth-order valence-electron chi connectivity index (χ4n) is 4.72. The summed E-state index contributed by atoms with van der Waals surface area (Å²) in [5.41, 5.74) is 1.60. The average molecular weight is 486 g/mol. The third kappa shape index (κ3) is 6.08. The Morgan fingerprint density at radius 3 is 2.97 bits per heavy atom. The van der Waals surface area contributed by atoms with E-state index in [1.54, 1.807) is 37.5 Å². The fourth-order valence-corrected chi connectivity index (χ4v) is 5.42. The molecule has 0 saturated carbocycles. The van der Waals surface area contributed by atoms with Crippen molar-refractivity contribution in [2.45, 2.75) is 37.0 Å². The second-order valence-corrected chi connectivity index (χ2v) is 9.72. The van der Waals surface area contributed by atoms with Gasteiger partial charge in [-0.05, 0) is 74.5 Å². The molecule has 0 radical (unpaired) electrons. The van der Waals surface area contributed by atoms with E-state index in [-0.39, 0.29) is 5.92 Å². The second kappa shape index (κ2) is 11.7. The van der Waals surface area contributed by atoms with Gasteiger partial charge < -0.3 is 24.3 Å². The third-order valence-electron chi connectivity index (χ3n) is 6.56. The van der Waals surface area contributed by atoms with Gasteiger partial charge in [-0.1, -0.05) is 11.8 Å². The number of benzene rings is 1. The molecule has 0 unspecified atom stereocenters. The summed E-state index contributed by atoms with van der Waals surface area (Å²) in [7, 11) is 1.61. The van der Waals surface area contributed by atoms with Crippen molar-refractivity contribution in [2.24, 2.45) is 11.8 Å². The number of aliphatic carboxylic acids is 1. The first-order valence-corrected chi connectivity index (χ1v) is 12.6. The molecular weight excluding hydrogens is 454 g/mol. The molecule has 0 amide bonds. The molecule has 9 heteroatoms. The molecule has 182 valence electrons. The van der Waals surface area contributed by atoms with Crippen LogP contribution >= 0.6 is 11.8 Å². The van der Waals surface area contributed by atoms with Gasteiger partial charge in [-0.15, -0.1) is 0 Å². The molecule has 34 heavy (non-hydrogen) atoms. The van der Waals surface area contributed by atoms with Crippen LogP contribution in [0.5, 0.6) is 5.75 Å². The number of methoxy groups -OCH3 is 1. The summed E-state index contributed by atoms with van der Waals surface area (Å²) in [5.74, 6) is 0.473. The van der Waals surface area contributed by atoms with Gasteiger partial charge in [0.1, 0.15) is 12.0 Å². The number of likely N-dealkylation sites (tertiary alicyclic amines) is 1. The van der Waals surface area contributed by atoms with E-state index < -0.39 is 18.0 Å². The van der Waals surface area contributed by atoms with Gasteiger partial charge in [-0.2, -0.15) is 0 Å². The van der Waals surface area contributed by atoms with Crippen molar-refractivity contribution in [3.05, 3.63) is 48.5 Å². The SMILES string of the molecule is COc1ccc2nccc([C@@H](O)CC[C@@H]3CCN(CCCSc4ncco4)C[C@@H]3C(=O)O)c2c1. The summed E-state index contributed by atoms with van der Waals surface area (Å²) < 4.78 is 10.6. The molecule has 1 saturated heterocycles. The molecule has 1 aromatic carbocycles. The number of fused-ring (bicyclic) bond motifs is 1. The van der Waals surface area contributed by atoms with Gasteiger partial charge in [0, 0.05) is 23.9 Å². The first kappa shape index (κ1) is 24.5. The lowest BCUT2D eigenvalue weighted by molar-refractivity contribution is -0.146. The van der Waals surface area contributed by atoms with E-state index in [2.05, 4.69) is 14.9 Å². The summed E-state index contributed by atoms with van der Waals surface area (Å²) in [6.45, 7) is 2.29. The number of carbonyl (C=O) groups is 1. The monoisotopic (exact) mass is 485 g/mol. The highest BCUT2D eigenvalue weighted by Gasteiger charge is 2.34. The van der Waals surface area contributed by atoms with Gasteiger partial charge in [-0.25, -0.2) is 4.98 Å². The highest BCUT2D eigenvalue weighted by atomic mass is 32.2. The van der Waals surface area contributed by atoms with Crippen LogP contribution in [0, 0.1) is 11.8 Å². The van der Waals surface area contributed by atoms with E-state index in [0.29, 0.717) is 30.4 Å². The first-order chi connectivity index (χ1) is 16.5. The van der Waals surface area contributed by atoms with Crippen molar-refractivity contribution in [1.29, 1.82) is 0 Å². The molecule has 1 aliphatic heterocycles. The number of nitrogens with zero attached hydrogens (tertiary/aromatic N) is 3. The second-order valence-electron chi connectivity index (χ2n) is 8.67. The van der Waals surface area contributed by atoms with Crippen LogP contribution in [0.3, 0.4) is 0 Å². The quantitative estimate of drug-likeness (QED) is 0.304. The minimum Gasteiger partial charge on any atom is -0.497 e. The van der Waals surface area contributed by atoms with Gasteiger partial charge in [0.15, 0.2) is 0 Å². The van der Waals surface area contributed by atoms with Crippen LogP contribution in [0.1, 0.15) is 37.4 Å². The summed E-state index contributed by atoms with van der Waals surface area (Å²) in [4.78, 5) is 22.7. The fraction of sp³-hybridized carbons (Fsp3) is 0.480. The maximum Gasteiger partial charge on any atom is 0.308 e. The lowest BCUT2D eigenvalue weighted by atomic mass is 9.81. The van der Waals surface area contributed by atoms with Gasteiger partial charge in [-0.3, -0.25) is 9.78 Å². The number of aromatic nitrogens is 2. The Kier molecular flexibility index (Phi) is 8.42. The van der Waals surface area contributed by atoms with Crippen molar-refractivity contribution in [3.8, 4) is 5.75 Å². The molecule has 2 N–H and O–H groups in total. The Balaban J connectivity index is 1.31. The highest BCUT2D eigenvalue weighted by molar-refractivity contribution is 7.99. The van der Waals surface area contributed by atoms with E-state index in [9.17, 15) is 15.0 Å². The number of carboxylic acids is 1. The van der Waals surface area contributed by atoms with Crippen molar-refractivity contribution in [3.63, 3.8) is 0 Å². The zero-order valence-corrected chi connectivity index (χ0v) is 20.1. The normalized spacial score (nSPS) is 19.8. The zero-order valence-electron chi connectivity index (χ0n) is 19.3. The molecule has 8 nitrogen and oxygen atoms in total. The lowest BCUT2D eigenvalue weighted by Gasteiger charge is -2.37. The molecule has 3 atom stereocenters. The number of aliphatic hydroxyl groups is 1. The number of hydrogen-bond donors (Lipinski definition) is 2. The number of pyridine rings is 1. The largest absolute Gasteiger partial charge is 0.497 e. The first-order valence-electron chi connectivity index (χ1n) is 11.6. The summed E-state index contributed by atoms with van der Waals surface area (Å²) >= 11 is 1.57. The van der Waals surface area contributed by atoms with Gasteiger partial charge >= 0.3 is 5.97 Å². The summed E-state index contributed by atoms with van der Waals surface area (Å²) in [6.07, 6.45) is 7.16. The summed E-state index contributed by atoms with van der Waals surface area (Å²) in [5, 5.41) is 22.4. The predicted molar refractivity (Wildman–Crippen MR) is 130 cm³/mol. The van der Waals surface area contributed by atoms with Crippen LogP contribution in [0.4, 0.5) is 0 Å². The predicted octanol–water partition coefficient (Wildman–Crippen LogP) is 4.25. The maximum absolute atomic E-state index is 12.0. The Morgan fingerprint density at radius 1 is 1.32 bits per heavy atom. The lowest BCUT2D eigenvalue weighted by Crippen LogP contribution is -2.44. The Hall–Kier alpha value is -2.62. The highest BCUT2D eigenvalue weighted by Crippen LogP contribution is 2.34. The van der Waals surface area contributed by atoms with Crippen molar-refractivity contribution in [1.82, 2.24) is 14.9 Å². The molecule has 1 aliphatic rings. The number of rotatable bonds is 11. The molecule has 1 fully saturated rings. The smallest absolute Gasteiger partial charge is 0.308 e. The van der Waals surface area contributed by atoms with Crippen LogP contribution < -0.4 is 4.74 Å². The number of hydrogen-bond acceptors (Lipinski definition) is 8. The molecule has 2 aromatic heterocycles. The number of ether oxygens (including phenoxy) is 1. The van der Waals surface area contributed by atoms with Crippen molar-refractivity contribution in [2.75, 3.05) is 32.5 Å². The van der Waals surface area contributed by atoms with Gasteiger partial charge in [0.2, 0.25) is 0 Å². The molecular formula is C25H31N3O5S. The average Bonchev–Trinajstić information content (AvgIpc) is 3.38. The molecule has 3 heterocycles. The van der Waals surface area contributed by atoms with Crippen LogP contribution in [0.25, 0.3) is 10.9 Å². The van der Waals surface area contributed by atoms with E-state index in [0.717, 1.165) is 48.2 Å². The third-order valence-corrected chi connectivity index (χ3v) is 7.50. The van der Waals surface area contributed by atoms with Crippen molar-refractivity contribution < 1.29 is 24.2 Å². The minimum absolute atomic E-state index is 0.0488. The molecule has 3 aromatic rings. The van der Waals surface area contributed by atoms with Crippen LogP contribution in [0.2, 0.25) is 0 Å². The van der Waals surface area contributed by atoms with Crippen LogP contribution in [-0.2, 0) is 4.79 Å². The van der Waals surface area contributed by atoms with Crippen molar-refractivity contribution >= 4 is 28.6 Å². The number of thioether (sulfide) groups is 1. The molecule has 0 spiro atoms. The maximum atomic E-state index is 12.0. The number of oxazole rings is 1. The van der Waals surface area contributed by atoms with Crippen LogP contribution in [-0.4, -0.2) is 63.5 Å². The van der Waals surface area contributed by atoms with E-state index >= 15 is 0 Å².